The summed E-state index contributed by atoms with van der Waals surface area (Å²) in [7, 11) is 0. The minimum atomic E-state index is 0.872. The van der Waals surface area contributed by atoms with E-state index >= 15 is 0 Å². The second kappa shape index (κ2) is 7.56. The summed E-state index contributed by atoms with van der Waals surface area (Å²) in [5.74, 6) is 0. The summed E-state index contributed by atoms with van der Waals surface area (Å²) in [5, 5.41) is 4.67. The van der Waals surface area contributed by atoms with Gasteiger partial charge in [-0.1, -0.05) is 19.8 Å². The average molecular weight is 308 g/mol. The number of anilines is 1. The Hall–Kier alpha value is -0.650. The van der Waals surface area contributed by atoms with E-state index < -0.39 is 0 Å². The zero-order valence-electron chi connectivity index (χ0n) is 13.2. The molecule has 1 aromatic heterocycles. The molecule has 5 heteroatoms. The molecule has 1 saturated carbocycles. The van der Waals surface area contributed by atoms with Crippen LogP contribution < -0.4 is 10.2 Å². The molecule has 2 heterocycles. The highest BCUT2D eigenvalue weighted by atomic mass is 32.1. The molecule has 0 bridgehead atoms. The number of rotatable bonds is 6. The normalized spacial score (nSPS) is 21.3. The topological polar surface area (TPSA) is 31.4 Å². The van der Waals surface area contributed by atoms with Crippen LogP contribution in [0, 0.1) is 0 Å². The van der Waals surface area contributed by atoms with Gasteiger partial charge in [0.25, 0.3) is 0 Å². The van der Waals surface area contributed by atoms with E-state index in [1.807, 2.05) is 17.5 Å². The zero-order valence-corrected chi connectivity index (χ0v) is 14.0. The summed E-state index contributed by atoms with van der Waals surface area (Å²) in [4.78, 5) is 11.2. The van der Waals surface area contributed by atoms with Crippen LogP contribution in [-0.2, 0) is 6.54 Å². The lowest BCUT2D eigenvalue weighted by molar-refractivity contribution is 0.187. The van der Waals surface area contributed by atoms with Crippen molar-refractivity contribution in [1.82, 2.24) is 15.2 Å². The van der Waals surface area contributed by atoms with Gasteiger partial charge in [-0.25, -0.2) is 4.98 Å². The number of nitrogens with zero attached hydrogens (tertiary/aromatic N) is 3. The summed E-state index contributed by atoms with van der Waals surface area (Å²) in [6, 6.07) is 0.872. The average Bonchev–Trinajstić information content (AvgIpc) is 3.20. The first-order chi connectivity index (χ1) is 10.4. The van der Waals surface area contributed by atoms with Crippen molar-refractivity contribution in [1.29, 1.82) is 0 Å². The third-order valence-electron chi connectivity index (χ3n) is 4.69. The Morgan fingerprint density at radius 2 is 2.00 bits per heavy atom. The van der Waals surface area contributed by atoms with E-state index in [1.54, 1.807) is 0 Å². The maximum Gasteiger partial charge on any atom is 0.185 e. The molecular formula is C16H28N4S. The summed E-state index contributed by atoms with van der Waals surface area (Å²) in [5.41, 5.74) is 0. The van der Waals surface area contributed by atoms with Crippen LogP contribution in [0.2, 0.25) is 0 Å². The SMILES string of the molecule is CCCNCc1cnc(N2CCN(C3CCCC3)CC2)s1. The molecule has 2 fully saturated rings. The molecule has 2 aliphatic rings. The van der Waals surface area contributed by atoms with Gasteiger partial charge < -0.3 is 10.2 Å². The summed E-state index contributed by atoms with van der Waals surface area (Å²) >= 11 is 1.86. The van der Waals surface area contributed by atoms with E-state index in [9.17, 15) is 0 Å². The van der Waals surface area contributed by atoms with Gasteiger partial charge in [-0.2, -0.15) is 0 Å². The van der Waals surface area contributed by atoms with Crippen LogP contribution in [0.15, 0.2) is 6.20 Å². The van der Waals surface area contributed by atoms with E-state index in [0.717, 1.165) is 32.2 Å². The van der Waals surface area contributed by atoms with E-state index in [1.165, 1.54) is 55.2 Å². The Labute approximate surface area is 132 Å². The molecule has 1 aliphatic heterocycles. The molecule has 1 aliphatic carbocycles. The van der Waals surface area contributed by atoms with Crippen molar-refractivity contribution in [3.05, 3.63) is 11.1 Å². The van der Waals surface area contributed by atoms with Crippen LogP contribution in [0.4, 0.5) is 5.13 Å². The van der Waals surface area contributed by atoms with Crippen LogP contribution in [0.1, 0.15) is 43.9 Å². The quantitative estimate of drug-likeness (QED) is 0.819. The predicted octanol–water partition coefficient (Wildman–Crippen LogP) is 2.71. The molecule has 1 saturated heterocycles. The standard InChI is InChI=1S/C16H28N4S/c1-2-7-17-12-15-13-18-16(21-15)20-10-8-19(9-11-20)14-5-3-4-6-14/h13-14,17H,2-12H2,1H3. The first-order valence-electron chi connectivity index (χ1n) is 8.51. The second-order valence-corrected chi connectivity index (χ2v) is 7.34. The fourth-order valence-electron chi connectivity index (χ4n) is 3.46. The number of thiazole rings is 1. The number of hydrogen-bond acceptors (Lipinski definition) is 5. The van der Waals surface area contributed by atoms with Gasteiger partial charge in [-0.15, -0.1) is 11.3 Å². The smallest absolute Gasteiger partial charge is 0.185 e. The van der Waals surface area contributed by atoms with E-state index in [-0.39, 0.29) is 0 Å². The summed E-state index contributed by atoms with van der Waals surface area (Å²) < 4.78 is 0. The number of hydrogen-bond donors (Lipinski definition) is 1. The first kappa shape index (κ1) is 15.3. The van der Waals surface area contributed by atoms with Crippen molar-refractivity contribution in [3.8, 4) is 0 Å². The molecule has 4 nitrogen and oxygen atoms in total. The highest BCUT2D eigenvalue weighted by Crippen LogP contribution is 2.27. The van der Waals surface area contributed by atoms with E-state index in [0.29, 0.717) is 0 Å². The Morgan fingerprint density at radius 3 is 2.71 bits per heavy atom. The van der Waals surface area contributed by atoms with E-state index in [2.05, 4.69) is 27.0 Å². The third kappa shape index (κ3) is 3.96. The van der Waals surface area contributed by atoms with Gasteiger partial charge in [0.05, 0.1) is 0 Å². The van der Waals surface area contributed by atoms with Crippen LogP contribution in [-0.4, -0.2) is 48.6 Å². The molecule has 1 N–H and O–H groups in total. The van der Waals surface area contributed by atoms with Crippen molar-refractivity contribution in [3.63, 3.8) is 0 Å². The van der Waals surface area contributed by atoms with E-state index in [4.69, 9.17) is 0 Å². The molecule has 1 aromatic rings. The molecule has 0 unspecified atom stereocenters. The van der Waals surface area contributed by atoms with Gasteiger partial charge in [0, 0.05) is 49.8 Å². The van der Waals surface area contributed by atoms with Gasteiger partial charge in [-0.05, 0) is 25.8 Å². The van der Waals surface area contributed by atoms with Crippen molar-refractivity contribution in [2.45, 2.75) is 51.6 Å². The van der Waals surface area contributed by atoms with Crippen molar-refractivity contribution >= 4 is 16.5 Å². The molecule has 0 spiro atoms. The molecule has 0 aromatic carbocycles. The molecule has 118 valence electrons. The highest BCUT2D eigenvalue weighted by Gasteiger charge is 2.26. The van der Waals surface area contributed by atoms with Gasteiger partial charge in [0.15, 0.2) is 5.13 Å². The minimum absolute atomic E-state index is 0.872. The Kier molecular flexibility index (Phi) is 5.49. The van der Waals surface area contributed by atoms with Gasteiger partial charge >= 0.3 is 0 Å². The first-order valence-corrected chi connectivity index (χ1v) is 9.33. The lowest BCUT2D eigenvalue weighted by Crippen LogP contribution is -2.49. The predicted molar refractivity (Wildman–Crippen MR) is 90.2 cm³/mol. The number of aromatic nitrogens is 1. The molecule has 21 heavy (non-hydrogen) atoms. The van der Waals surface area contributed by atoms with Crippen molar-refractivity contribution in [2.24, 2.45) is 0 Å². The maximum atomic E-state index is 4.63. The number of nitrogens with one attached hydrogen (secondary N) is 1. The Morgan fingerprint density at radius 1 is 1.24 bits per heavy atom. The molecule has 0 atom stereocenters. The molecule has 3 rings (SSSR count). The van der Waals surface area contributed by atoms with Gasteiger partial charge in [-0.3, -0.25) is 4.90 Å². The fraction of sp³-hybridized carbons (Fsp3) is 0.812. The number of piperazine rings is 1. The second-order valence-electron chi connectivity index (χ2n) is 6.25. The van der Waals surface area contributed by atoms with Crippen molar-refractivity contribution in [2.75, 3.05) is 37.6 Å². The lowest BCUT2D eigenvalue weighted by Gasteiger charge is -2.37. The highest BCUT2D eigenvalue weighted by molar-refractivity contribution is 7.15. The van der Waals surface area contributed by atoms with Crippen molar-refractivity contribution < 1.29 is 0 Å². The maximum absolute atomic E-state index is 4.63. The third-order valence-corrected chi connectivity index (χ3v) is 5.75. The molecule has 0 radical (unpaired) electrons. The fourth-order valence-corrected chi connectivity index (χ4v) is 4.39. The largest absolute Gasteiger partial charge is 0.346 e. The minimum Gasteiger partial charge on any atom is -0.346 e. The van der Waals surface area contributed by atoms with Crippen LogP contribution in [0.3, 0.4) is 0 Å². The molecule has 0 amide bonds. The van der Waals surface area contributed by atoms with Gasteiger partial charge in [0.1, 0.15) is 0 Å². The van der Waals surface area contributed by atoms with Crippen LogP contribution in [0.25, 0.3) is 0 Å². The Balaban J connectivity index is 1.47. The zero-order chi connectivity index (χ0) is 14.5. The summed E-state index contributed by atoms with van der Waals surface area (Å²) in [6.45, 7) is 8.98. The monoisotopic (exact) mass is 308 g/mol. The molecular weight excluding hydrogens is 280 g/mol. The van der Waals surface area contributed by atoms with Gasteiger partial charge in [0.2, 0.25) is 0 Å². The lowest BCUT2D eigenvalue weighted by atomic mass is 10.2. The van der Waals surface area contributed by atoms with Crippen LogP contribution >= 0.6 is 11.3 Å². The Bertz CT molecular complexity index is 420. The summed E-state index contributed by atoms with van der Waals surface area (Å²) in [6.07, 6.45) is 8.95. The van der Waals surface area contributed by atoms with Crippen LogP contribution in [0.5, 0.6) is 0 Å².